The molecule has 12 heteroatoms. The number of fused-ring (bicyclic) bond motifs is 1. The zero-order valence-corrected chi connectivity index (χ0v) is 30.0. The molecule has 1 aliphatic rings. The van der Waals surface area contributed by atoms with E-state index < -0.39 is 28.9 Å². The maximum absolute atomic E-state index is 14.7. The quantitative estimate of drug-likeness (QED) is 0.0580. The van der Waals surface area contributed by atoms with E-state index in [0.717, 1.165) is 42.5 Å². The van der Waals surface area contributed by atoms with Crippen LogP contribution in [0.1, 0.15) is 76.3 Å². The van der Waals surface area contributed by atoms with Gasteiger partial charge in [-0.2, -0.15) is 0 Å². The molecule has 260 valence electrons. The number of amides is 3. The predicted octanol–water partition coefficient (Wildman–Crippen LogP) is 8.91. The van der Waals surface area contributed by atoms with Gasteiger partial charge >= 0.3 is 5.97 Å². The highest BCUT2D eigenvalue weighted by molar-refractivity contribution is 8.00. The van der Waals surface area contributed by atoms with E-state index in [1.54, 1.807) is 55.5 Å². The molecule has 1 heterocycles. The van der Waals surface area contributed by atoms with E-state index in [4.69, 9.17) is 16.3 Å². The van der Waals surface area contributed by atoms with Crippen molar-refractivity contribution in [2.24, 2.45) is 0 Å². The lowest BCUT2D eigenvalue weighted by Crippen LogP contribution is -2.30. The summed E-state index contributed by atoms with van der Waals surface area (Å²) >= 11 is 9.00. The molecule has 1 aliphatic carbocycles. The Morgan fingerprint density at radius 3 is 2.46 bits per heavy atom. The van der Waals surface area contributed by atoms with Crippen LogP contribution in [0, 0.1) is 5.82 Å². The van der Waals surface area contributed by atoms with Crippen LogP contribution in [0.2, 0.25) is 5.02 Å². The van der Waals surface area contributed by atoms with E-state index >= 15 is 0 Å². The van der Waals surface area contributed by atoms with Gasteiger partial charge in [-0.3, -0.25) is 14.4 Å². The number of thioether (sulfide) groups is 1. The SMILES string of the molecule is CCOC(=O)c1c(NC(=O)C(CC)Sc2cccc(NC(=O)/C(=C\c3c(F)cccc3Cl)NC(=O)c3ccccc3)c2)sc2c1CCCCC2. The third kappa shape index (κ3) is 9.21. The summed E-state index contributed by atoms with van der Waals surface area (Å²) in [4.78, 5) is 55.0. The molecule has 1 aromatic heterocycles. The summed E-state index contributed by atoms with van der Waals surface area (Å²) in [6, 6.07) is 19.4. The Labute approximate surface area is 303 Å². The molecule has 3 amide bonds. The monoisotopic (exact) mass is 733 g/mol. The van der Waals surface area contributed by atoms with Crippen LogP contribution in [0.4, 0.5) is 15.1 Å². The fourth-order valence-corrected chi connectivity index (χ4v) is 8.02. The summed E-state index contributed by atoms with van der Waals surface area (Å²) in [6.07, 6.45) is 6.45. The zero-order valence-electron chi connectivity index (χ0n) is 27.6. The first-order valence-electron chi connectivity index (χ1n) is 16.4. The Bertz CT molecular complexity index is 1890. The number of hydrogen-bond donors (Lipinski definition) is 3. The minimum atomic E-state index is -0.704. The molecular weight excluding hydrogens is 697 g/mol. The topological polar surface area (TPSA) is 114 Å². The third-order valence-electron chi connectivity index (χ3n) is 7.99. The van der Waals surface area contributed by atoms with E-state index in [0.29, 0.717) is 33.1 Å². The number of aryl methyl sites for hydroxylation is 1. The highest BCUT2D eigenvalue weighted by atomic mass is 35.5. The second-order valence-electron chi connectivity index (χ2n) is 11.5. The molecule has 3 aromatic carbocycles. The number of nitrogens with one attached hydrogen (secondary N) is 3. The van der Waals surface area contributed by atoms with Crippen molar-refractivity contribution in [3.8, 4) is 0 Å². The standard InChI is InChI=1S/C38H37ClFN3O5S2/c1-3-31(36(46)43-37-33(38(47)48-4-2)26-17-9-6-10-20-32(26)50-37)49-25-16-11-15-24(21-25)41-35(45)30(22-27-28(39)18-12-19-29(27)40)42-34(44)23-13-7-5-8-14-23/h5,7-8,11-16,18-19,21-22,31H,3-4,6,9-10,17,20H2,1-2H3,(H,41,45)(H,42,44)(H,43,46)/b30-22+. The van der Waals surface area contributed by atoms with Crippen LogP contribution < -0.4 is 16.0 Å². The molecule has 4 aromatic rings. The number of carbonyl (C=O) groups is 4. The van der Waals surface area contributed by atoms with Crippen LogP contribution in [-0.4, -0.2) is 35.5 Å². The Morgan fingerprint density at radius 2 is 1.72 bits per heavy atom. The first-order chi connectivity index (χ1) is 24.2. The lowest BCUT2D eigenvalue weighted by Gasteiger charge is -2.16. The molecule has 0 saturated heterocycles. The molecule has 5 rings (SSSR count). The molecule has 50 heavy (non-hydrogen) atoms. The Morgan fingerprint density at radius 1 is 0.960 bits per heavy atom. The Balaban J connectivity index is 1.34. The molecule has 1 atom stereocenters. The van der Waals surface area contributed by atoms with Crippen LogP contribution in [0.3, 0.4) is 0 Å². The fourth-order valence-electron chi connectivity index (χ4n) is 5.51. The largest absolute Gasteiger partial charge is 0.462 e. The normalized spacial score (nSPS) is 13.4. The maximum atomic E-state index is 14.7. The number of carbonyl (C=O) groups excluding carboxylic acids is 4. The van der Waals surface area contributed by atoms with Gasteiger partial charge in [-0.1, -0.05) is 55.3 Å². The molecule has 8 nitrogen and oxygen atoms in total. The van der Waals surface area contributed by atoms with E-state index in [2.05, 4.69) is 16.0 Å². The van der Waals surface area contributed by atoms with Crippen LogP contribution in [-0.2, 0) is 27.2 Å². The Hall–Kier alpha value is -4.45. The highest BCUT2D eigenvalue weighted by Crippen LogP contribution is 2.39. The minimum Gasteiger partial charge on any atom is -0.462 e. The predicted molar refractivity (Wildman–Crippen MR) is 198 cm³/mol. The van der Waals surface area contributed by atoms with Gasteiger partial charge in [0.25, 0.3) is 11.8 Å². The van der Waals surface area contributed by atoms with Gasteiger partial charge in [-0.15, -0.1) is 23.1 Å². The second-order valence-corrected chi connectivity index (χ2v) is 14.3. The number of ether oxygens (including phenoxy) is 1. The number of rotatable bonds is 12. The van der Waals surface area contributed by atoms with Crippen LogP contribution in [0.15, 0.2) is 83.4 Å². The van der Waals surface area contributed by atoms with Crippen LogP contribution in [0.25, 0.3) is 6.08 Å². The van der Waals surface area contributed by atoms with Crippen molar-refractivity contribution in [3.05, 3.63) is 116 Å². The van der Waals surface area contributed by atoms with Crippen molar-refractivity contribution in [3.63, 3.8) is 0 Å². The molecule has 0 spiro atoms. The van der Waals surface area contributed by atoms with Crippen LogP contribution in [0.5, 0.6) is 0 Å². The number of thiophene rings is 1. The number of benzene rings is 3. The van der Waals surface area contributed by atoms with Gasteiger partial charge in [0.1, 0.15) is 16.5 Å². The van der Waals surface area contributed by atoms with Crippen molar-refractivity contribution in [1.82, 2.24) is 5.32 Å². The molecule has 1 unspecified atom stereocenters. The molecule has 0 bridgehead atoms. The minimum absolute atomic E-state index is 0.0537. The van der Waals surface area contributed by atoms with Gasteiger partial charge in [0.15, 0.2) is 0 Å². The average molecular weight is 734 g/mol. The van der Waals surface area contributed by atoms with Gasteiger partial charge in [0, 0.05) is 26.6 Å². The second kappa shape index (κ2) is 17.5. The first-order valence-corrected chi connectivity index (χ1v) is 18.5. The average Bonchev–Trinajstić information content (AvgIpc) is 3.28. The maximum Gasteiger partial charge on any atom is 0.341 e. The number of esters is 1. The van der Waals surface area contributed by atoms with E-state index in [1.165, 1.54) is 47.4 Å². The Kier molecular flexibility index (Phi) is 12.9. The number of hydrogen-bond acceptors (Lipinski definition) is 7. The molecule has 0 radical (unpaired) electrons. The van der Waals surface area contributed by atoms with Crippen molar-refractivity contribution in [1.29, 1.82) is 0 Å². The van der Waals surface area contributed by atoms with Crippen molar-refractivity contribution >= 4 is 75.2 Å². The van der Waals surface area contributed by atoms with E-state index in [-0.39, 0.29) is 28.8 Å². The molecular formula is C38H37ClFN3O5S2. The lowest BCUT2D eigenvalue weighted by molar-refractivity contribution is -0.116. The summed E-state index contributed by atoms with van der Waals surface area (Å²) in [7, 11) is 0. The molecule has 0 fully saturated rings. The van der Waals surface area contributed by atoms with E-state index in [9.17, 15) is 23.6 Å². The van der Waals surface area contributed by atoms with Gasteiger partial charge in [-0.05, 0) is 93.1 Å². The van der Waals surface area contributed by atoms with Gasteiger partial charge in [0.2, 0.25) is 5.91 Å². The summed E-state index contributed by atoms with van der Waals surface area (Å²) in [5.74, 6) is -2.59. The molecule has 0 saturated carbocycles. The summed E-state index contributed by atoms with van der Waals surface area (Å²) in [5, 5.41) is 8.46. The van der Waals surface area contributed by atoms with Crippen molar-refractivity contribution in [2.75, 3.05) is 17.2 Å². The zero-order chi connectivity index (χ0) is 35.6. The smallest absolute Gasteiger partial charge is 0.341 e. The number of halogens is 2. The summed E-state index contributed by atoms with van der Waals surface area (Å²) in [5.41, 5.74) is 1.87. The lowest BCUT2D eigenvalue weighted by atomic mass is 10.1. The van der Waals surface area contributed by atoms with Gasteiger partial charge in [0.05, 0.1) is 22.4 Å². The fraction of sp³-hybridized carbons (Fsp3) is 0.263. The van der Waals surface area contributed by atoms with Crippen molar-refractivity contribution in [2.45, 2.75) is 62.5 Å². The third-order valence-corrected chi connectivity index (χ3v) is 10.9. The van der Waals surface area contributed by atoms with Gasteiger partial charge < -0.3 is 20.7 Å². The first kappa shape index (κ1) is 36.8. The highest BCUT2D eigenvalue weighted by Gasteiger charge is 2.28. The summed E-state index contributed by atoms with van der Waals surface area (Å²) < 4.78 is 20.1. The van der Waals surface area contributed by atoms with Crippen molar-refractivity contribution < 1.29 is 28.3 Å². The van der Waals surface area contributed by atoms with Gasteiger partial charge in [-0.25, -0.2) is 9.18 Å². The molecule has 0 aliphatic heterocycles. The number of anilines is 2. The molecule has 3 N–H and O–H groups in total. The van der Waals surface area contributed by atoms with E-state index in [1.807, 2.05) is 13.0 Å². The van der Waals surface area contributed by atoms with Crippen LogP contribution >= 0.6 is 34.7 Å². The summed E-state index contributed by atoms with van der Waals surface area (Å²) in [6.45, 7) is 3.90.